The number of hydrogen-bond donors (Lipinski definition) is 1. The van der Waals surface area contributed by atoms with E-state index in [1.807, 2.05) is 6.92 Å². The molecule has 1 N–H and O–H groups in total. The Balaban J connectivity index is 2.02. The number of para-hydroxylation sites is 2. The lowest BCUT2D eigenvalue weighted by molar-refractivity contribution is -0.124. The molecule has 144 valence electrons. The third-order valence-electron chi connectivity index (χ3n) is 5.01. The smallest absolute Gasteiger partial charge is 0.336 e. The molecular formula is C21H20ClN3O3. The standard InChI is InChI=1S/C21H20ClN3O3/c1-2-16(19(26)23-13-11-12-13)24-17-9-5-3-7-14(17)20(27)25(21(24)28)18-10-6-4-8-15(18)22/h3-10,13,16H,2,11-12H2,1H3,(H,23,26)/t16-/m0/s1. The largest absolute Gasteiger partial charge is 0.352 e. The third kappa shape index (κ3) is 3.14. The van der Waals surface area contributed by atoms with Crippen LogP contribution in [0.2, 0.25) is 5.02 Å². The molecule has 0 aliphatic heterocycles. The van der Waals surface area contributed by atoms with Crippen molar-refractivity contribution in [3.63, 3.8) is 0 Å². The van der Waals surface area contributed by atoms with E-state index in [0.717, 1.165) is 17.4 Å². The summed E-state index contributed by atoms with van der Waals surface area (Å²) in [6, 6.07) is 13.0. The van der Waals surface area contributed by atoms with Gasteiger partial charge in [0, 0.05) is 6.04 Å². The lowest BCUT2D eigenvalue weighted by atomic mass is 10.1. The molecule has 1 aliphatic carbocycles. The van der Waals surface area contributed by atoms with Crippen molar-refractivity contribution in [2.45, 2.75) is 38.3 Å². The summed E-state index contributed by atoms with van der Waals surface area (Å²) in [6.07, 6.45) is 2.33. The SMILES string of the molecule is CC[C@@H](C(=O)NC1CC1)n1c(=O)n(-c2ccccc2Cl)c(=O)c2ccccc21. The first kappa shape index (κ1) is 18.5. The maximum Gasteiger partial charge on any atom is 0.336 e. The number of halogens is 1. The normalized spacial score (nSPS) is 14.8. The Morgan fingerprint density at radius 2 is 1.82 bits per heavy atom. The first-order valence-electron chi connectivity index (χ1n) is 9.34. The maximum absolute atomic E-state index is 13.4. The Morgan fingerprint density at radius 3 is 2.50 bits per heavy atom. The van der Waals surface area contributed by atoms with E-state index in [2.05, 4.69) is 5.32 Å². The van der Waals surface area contributed by atoms with Gasteiger partial charge in [0.2, 0.25) is 5.91 Å². The van der Waals surface area contributed by atoms with Crippen LogP contribution < -0.4 is 16.6 Å². The summed E-state index contributed by atoms with van der Waals surface area (Å²) in [5.41, 5.74) is -0.285. The highest BCUT2D eigenvalue weighted by Crippen LogP contribution is 2.23. The first-order valence-corrected chi connectivity index (χ1v) is 9.72. The Hall–Kier alpha value is -2.86. The van der Waals surface area contributed by atoms with Crippen molar-refractivity contribution in [1.82, 2.24) is 14.5 Å². The van der Waals surface area contributed by atoms with Gasteiger partial charge in [-0.25, -0.2) is 9.36 Å². The summed E-state index contributed by atoms with van der Waals surface area (Å²) in [5, 5.41) is 3.62. The highest BCUT2D eigenvalue weighted by atomic mass is 35.5. The summed E-state index contributed by atoms with van der Waals surface area (Å²) in [4.78, 5) is 39.4. The number of carbonyl (C=O) groups is 1. The average Bonchev–Trinajstić information content (AvgIpc) is 3.50. The Bertz CT molecular complexity index is 1180. The number of nitrogens with zero attached hydrogens (tertiary/aromatic N) is 2. The highest BCUT2D eigenvalue weighted by Gasteiger charge is 2.30. The Morgan fingerprint density at radius 1 is 1.14 bits per heavy atom. The first-order chi connectivity index (χ1) is 13.5. The highest BCUT2D eigenvalue weighted by molar-refractivity contribution is 6.32. The van der Waals surface area contributed by atoms with Gasteiger partial charge in [0.15, 0.2) is 0 Å². The topological polar surface area (TPSA) is 73.1 Å². The molecule has 7 heteroatoms. The van der Waals surface area contributed by atoms with E-state index < -0.39 is 17.3 Å². The summed E-state index contributed by atoms with van der Waals surface area (Å²) in [7, 11) is 0. The lowest BCUT2D eigenvalue weighted by Gasteiger charge is -2.21. The van der Waals surface area contributed by atoms with E-state index in [1.165, 1.54) is 4.57 Å². The Kier molecular flexibility index (Phi) is 4.81. The quantitative estimate of drug-likeness (QED) is 0.719. The molecule has 3 aromatic rings. The molecule has 0 radical (unpaired) electrons. The van der Waals surface area contributed by atoms with Crippen molar-refractivity contribution in [2.75, 3.05) is 0 Å². The number of benzene rings is 2. The van der Waals surface area contributed by atoms with Gasteiger partial charge in [-0.2, -0.15) is 0 Å². The van der Waals surface area contributed by atoms with E-state index in [1.54, 1.807) is 48.5 Å². The fourth-order valence-corrected chi connectivity index (χ4v) is 3.66. The van der Waals surface area contributed by atoms with E-state index >= 15 is 0 Å². The molecule has 1 fully saturated rings. The molecule has 1 amide bonds. The minimum atomic E-state index is -0.715. The summed E-state index contributed by atoms with van der Waals surface area (Å²) in [5.74, 6) is -0.207. The van der Waals surface area contributed by atoms with Gasteiger partial charge in [-0.15, -0.1) is 0 Å². The van der Waals surface area contributed by atoms with Crippen LogP contribution in [0.1, 0.15) is 32.2 Å². The van der Waals surface area contributed by atoms with Gasteiger partial charge >= 0.3 is 5.69 Å². The molecule has 0 saturated heterocycles. The van der Waals surface area contributed by atoms with Crippen molar-refractivity contribution in [2.24, 2.45) is 0 Å². The molecule has 1 heterocycles. The molecular weight excluding hydrogens is 378 g/mol. The zero-order valence-corrected chi connectivity index (χ0v) is 16.1. The summed E-state index contributed by atoms with van der Waals surface area (Å²) >= 11 is 6.27. The second-order valence-electron chi connectivity index (χ2n) is 6.97. The van der Waals surface area contributed by atoms with Crippen LogP contribution in [0, 0.1) is 0 Å². The second kappa shape index (κ2) is 7.28. The predicted octanol–water partition coefficient (Wildman–Crippen LogP) is 3.04. The van der Waals surface area contributed by atoms with Gasteiger partial charge in [-0.3, -0.25) is 14.2 Å². The van der Waals surface area contributed by atoms with Crippen molar-refractivity contribution in [1.29, 1.82) is 0 Å². The zero-order chi connectivity index (χ0) is 19.8. The van der Waals surface area contributed by atoms with E-state index in [-0.39, 0.29) is 11.9 Å². The molecule has 0 unspecified atom stereocenters. The average molecular weight is 398 g/mol. The number of carbonyl (C=O) groups excluding carboxylic acids is 1. The van der Waals surface area contributed by atoms with Crippen LogP contribution in [0.5, 0.6) is 0 Å². The molecule has 2 aromatic carbocycles. The van der Waals surface area contributed by atoms with Gasteiger partial charge in [-0.05, 0) is 43.5 Å². The molecule has 0 spiro atoms. The minimum Gasteiger partial charge on any atom is -0.352 e. The number of rotatable bonds is 5. The molecule has 1 saturated carbocycles. The van der Waals surface area contributed by atoms with Gasteiger partial charge in [0.1, 0.15) is 6.04 Å². The van der Waals surface area contributed by atoms with Crippen molar-refractivity contribution < 1.29 is 4.79 Å². The van der Waals surface area contributed by atoms with Gasteiger partial charge < -0.3 is 5.32 Å². The number of fused-ring (bicyclic) bond motifs is 1. The monoisotopic (exact) mass is 397 g/mol. The zero-order valence-electron chi connectivity index (χ0n) is 15.4. The summed E-state index contributed by atoms with van der Waals surface area (Å²) < 4.78 is 2.47. The third-order valence-corrected chi connectivity index (χ3v) is 5.33. The molecule has 6 nitrogen and oxygen atoms in total. The van der Waals surface area contributed by atoms with Gasteiger partial charge in [0.25, 0.3) is 5.56 Å². The Labute approximate surface area is 166 Å². The van der Waals surface area contributed by atoms with Gasteiger partial charge in [-0.1, -0.05) is 42.8 Å². The van der Waals surface area contributed by atoms with Crippen molar-refractivity contribution in [3.05, 3.63) is 74.4 Å². The van der Waals surface area contributed by atoms with E-state index in [4.69, 9.17) is 11.6 Å². The van der Waals surface area contributed by atoms with Crippen LogP contribution in [0.25, 0.3) is 16.6 Å². The molecule has 1 aliphatic rings. The number of nitrogens with one attached hydrogen (secondary N) is 1. The van der Waals surface area contributed by atoms with Crippen LogP contribution in [0.4, 0.5) is 0 Å². The summed E-state index contributed by atoms with van der Waals surface area (Å²) in [6.45, 7) is 1.85. The minimum absolute atomic E-state index is 0.179. The van der Waals surface area contributed by atoms with E-state index in [0.29, 0.717) is 28.0 Å². The van der Waals surface area contributed by atoms with Crippen LogP contribution >= 0.6 is 11.6 Å². The van der Waals surface area contributed by atoms with Crippen LogP contribution in [-0.4, -0.2) is 21.1 Å². The maximum atomic E-state index is 13.4. The van der Waals surface area contributed by atoms with Crippen LogP contribution in [0.15, 0.2) is 58.1 Å². The molecule has 1 atom stereocenters. The second-order valence-corrected chi connectivity index (χ2v) is 7.38. The number of hydrogen-bond acceptors (Lipinski definition) is 3. The van der Waals surface area contributed by atoms with Crippen molar-refractivity contribution in [3.8, 4) is 5.69 Å². The van der Waals surface area contributed by atoms with Crippen LogP contribution in [-0.2, 0) is 4.79 Å². The predicted molar refractivity (Wildman–Crippen MR) is 109 cm³/mol. The van der Waals surface area contributed by atoms with E-state index in [9.17, 15) is 14.4 Å². The number of amides is 1. The van der Waals surface area contributed by atoms with Crippen LogP contribution in [0.3, 0.4) is 0 Å². The van der Waals surface area contributed by atoms with Crippen molar-refractivity contribution >= 4 is 28.4 Å². The molecule has 4 rings (SSSR count). The lowest BCUT2D eigenvalue weighted by Crippen LogP contribution is -2.44. The molecule has 0 bridgehead atoms. The van der Waals surface area contributed by atoms with Gasteiger partial charge in [0.05, 0.1) is 21.6 Å². The molecule has 28 heavy (non-hydrogen) atoms. The molecule has 1 aromatic heterocycles. The fourth-order valence-electron chi connectivity index (χ4n) is 3.44. The number of aromatic nitrogens is 2. The fraction of sp³-hybridized carbons (Fsp3) is 0.286.